The summed E-state index contributed by atoms with van der Waals surface area (Å²) in [6, 6.07) is 8.90. The molecule has 6 atom stereocenters. The third kappa shape index (κ3) is 7.18. The Morgan fingerprint density at radius 1 is 1.00 bits per heavy atom. The highest BCUT2D eigenvalue weighted by Gasteiger charge is 2.47. The summed E-state index contributed by atoms with van der Waals surface area (Å²) in [6.45, 7) is -1.05. The molecule has 22 heteroatoms. The van der Waals surface area contributed by atoms with Gasteiger partial charge < -0.3 is 40.3 Å². The molecule has 1 aliphatic rings. The maximum atomic E-state index is 12.5. The number of anilines is 1. The fourth-order valence-corrected chi connectivity index (χ4v) is 6.70. The number of aromatic amines is 1. The van der Waals surface area contributed by atoms with E-state index >= 15 is 0 Å². The van der Waals surface area contributed by atoms with Crippen molar-refractivity contribution in [3.05, 3.63) is 52.1 Å². The van der Waals surface area contributed by atoms with Gasteiger partial charge >= 0.3 is 23.5 Å². The Morgan fingerprint density at radius 2 is 1.68 bits per heavy atom. The zero-order valence-electron chi connectivity index (χ0n) is 19.8. The molecule has 19 nitrogen and oxygen atoms in total. The van der Waals surface area contributed by atoms with Crippen molar-refractivity contribution in [3.63, 3.8) is 0 Å². The van der Waals surface area contributed by atoms with Gasteiger partial charge in [-0.15, -0.1) is 0 Å². The first-order chi connectivity index (χ1) is 18.6. The van der Waals surface area contributed by atoms with Gasteiger partial charge in [0.05, 0.1) is 6.61 Å². The van der Waals surface area contributed by atoms with E-state index in [0.717, 1.165) is 10.1 Å². The number of H-pyrrole nitrogens is 1. The summed E-state index contributed by atoms with van der Waals surface area (Å²) in [5.74, 6) is -0.262. The van der Waals surface area contributed by atoms with Crippen LogP contribution in [0.15, 0.2) is 35.1 Å². The van der Waals surface area contributed by atoms with Crippen LogP contribution in [0.4, 0.5) is 5.95 Å². The Morgan fingerprint density at radius 3 is 2.33 bits per heavy atom. The first-order valence-electron chi connectivity index (χ1n) is 10.9. The zero-order valence-corrected chi connectivity index (χ0v) is 22.5. The van der Waals surface area contributed by atoms with Crippen LogP contribution >= 0.6 is 23.5 Å². The smallest absolute Gasteiger partial charge is 0.387 e. The molecule has 2 aromatic heterocycles. The second kappa shape index (κ2) is 11.3. The van der Waals surface area contributed by atoms with Crippen LogP contribution in [0.3, 0.4) is 0 Å². The minimum atomic E-state index is -5.78. The Balaban J connectivity index is 1.61. The predicted molar refractivity (Wildman–Crippen MR) is 134 cm³/mol. The van der Waals surface area contributed by atoms with Gasteiger partial charge in [-0.05, 0) is 11.6 Å². The molecule has 218 valence electrons. The number of benzene rings is 1. The molecule has 3 heterocycles. The summed E-state index contributed by atoms with van der Waals surface area (Å²) in [5.41, 5.74) is 5.36. The number of aromatic nitrogens is 4. The lowest BCUT2D eigenvalue weighted by molar-refractivity contribution is -0.0505. The minimum absolute atomic E-state index is 0.0345. The number of nitrogens with one attached hydrogen (secondary N) is 1. The van der Waals surface area contributed by atoms with E-state index in [1.807, 2.05) is 0 Å². The van der Waals surface area contributed by atoms with Gasteiger partial charge in [-0.2, -0.15) is 13.6 Å². The van der Waals surface area contributed by atoms with E-state index in [2.05, 4.69) is 28.1 Å². The van der Waals surface area contributed by atoms with Gasteiger partial charge in [-0.1, -0.05) is 36.4 Å². The Labute approximate surface area is 222 Å². The molecule has 0 saturated carbocycles. The predicted octanol–water partition coefficient (Wildman–Crippen LogP) is -0.165. The average Bonchev–Trinajstić information content (AvgIpc) is 3.31. The average molecular weight is 625 g/mol. The number of fused-ring (bicyclic) bond motifs is 1. The van der Waals surface area contributed by atoms with E-state index in [0.29, 0.717) is 0 Å². The highest BCUT2D eigenvalue weighted by atomic mass is 31.3. The maximum Gasteiger partial charge on any atom is 0.490 e. The number of aliphatic hydroxyl groups is 2. The molecule has 4 rings (SSSR count). The molecule has 0 aliphatic carbocycles. The molecule has 1 fully saturated rings. The number of hydrogen-bond donors (Lipinski definition) is 8. The highest BCUT2D eigenvalue weighted by molar-refractivity contribution is 7.66. The monoisotopic (exact) mass is 625 g/mol. The number of ether oxygens (including phenoxy) is 1. The fourth-order valence-electron chi connectivity index (χ4n) is 3.67. The number of nitrogens with two attached hydrogens (primary N) is 1. The van der Waals surface area contributed by atoms with Crippen molar-refractivity contribution >= 4 is 52.7 Å². The van der Waals surface area contributed by atoms with Crippen LogP contribution in [-0.4, -0.2) is 74.2 Å². The van der Waals surface area contributed by atoms with Crippen molar-refractivity contribution in [2.45, 2.75) is 24.5 Å². The van der Waals surface area contributed by atoms with Crippen LogP contribution in [0.1, 0.15) is 17.6 Å². The van der Waals surface area contributed by atoms with Crippen molar-refractivity contribution in [3.8, 4) is 0 Å². The van der Waals surface area contributed by atoms with Crippen molar-refractivity contribution in [2.24, 2.45) is 0 Å². The number of nitrogen functional groups attached to an aromatic ring is 1. The molecule has 3 aromatic rings. The summed E-state index contributed by atoms with van der Waals surface area (Å²) in [7, 11) is -16.9. The van der Waals surface area contributed by atoms with Gasteiger partial charge in [0, 0.05) is 0 Å². The van der Waals surface area contributed by atoms with Gasteiger partial charge in [-0.3, -0.25) is 18.9 Å². The van der Waals surface area contributed by atoms with Gasteiger partial charge in [0.15, 0.2) is 17.4 Å². The van der Waals surface area contributed by atoms with Gasteiger partial charge in [0.1, 0.15) is 24.1 Å². The number of imidazole rings is 1. The summed E-state index contributed by atoms with van der Waals surface area (Å²) in [6.07, 6.45) is -3.58. The third-order valence-electron chi connectivity index (χ3n) is 5.23. The summed E-state index contributed by atoms with van der Waals surface area (Å²) in [5, 5.41) is 21.3. The lowest BCUT2D eigenvalue weighted by Gasteiger charge is -2.19. The van der Waals surface area contributed by atoms with Crippen molar-refractivity contribution < 1.29 is 61.4 Å². The van der Waals surface area contributed by atoms with Crippen LogP contribution in [-0.2, 0) is 31.6 Å². The highest BCUT2D eigenvalue weighted by Crippen LogP contribution is 2.66. The Kier molecular flexibility index (Phi) is 8.61. The van der Waals surface area contributed by atoms with Gasteiger partial charge in [-0.25, -0.2) is 18.7 Å². The van der Waals surface area contributed by atoms with E-state index in [9.17, 15) is 38.5 Å². The standard InChI is InChI=1S/C18H22N5O14P3/c19-18-21-15-12(16(26)22-18)20-11(7-6-9-4-2-1-3-5-9)23(15)17-14(25)13(24)10(35-17)8-34-39(30,31)37-40(32,33)36-38(27,28)29/h1-7,10,13-14,17,24-25H,8H2,(H,30,31)(H,32,33)(H2,27,28,29)(H3,19,21,22,26)/t10-,13?,14?,17-/m1/s1. The van der Waals surface area contributed by atoms with Gasteiger partial charge in [0.2, 0.25) is 5.95 Å². The third-order valence-corrected chi connectivity index (χ3v) is 9.03. The molecule has 1 aromatic carbocycles. The molecule has 0 spiro atoms. The van der Waals surface area contributed by atoms with Crippen LogP contribution in [0.25, 0.3) is 23.3 Å². The number of rotatable bonds is 10. The Bertz CT molecular complexity index is 1620. The number of aliphatic hydroxyl groups excluding tert-OH is 2. The minimum Gasteiger partial charge on any atom is -0.387 e. The SMILES string of the molecule is Nc1nc2c(nc(C=Cc3ccccc3)n2[C@@H]2O[C@H](COP(=O)(O)OP(=O)(O)OP(=O)(O)O)C(O)C2O)c(=O)[nH]1. The van der Waals surface area contributed by atoms with E-state index in [1.165, 1.54) is 6.08 Å². The maximum absolute atomic E-state index is 12.5. The molecule has 1 aliphatic heterocycles. The number of phosphoric acid groups is 3. The molecule has 40 heavy (non-hydrogen) atoms. The number of phosphoric ester groups is 1. The van der Waals surface area contributed by atoms with Crippen LogP contribution in [0.2, 0.25) is 0 Å². The largest absolute Gasteiger partial charge is 0.490 e. The lowest BCUT2D eigenvalue weighted by Crippen LogP contribution is -2.33. The zero-order chi connectivity index (χ0) is 29.5. The molecule has 0 radical (unpaired) electrons. The summed E-state index contributed by atoms with van der Waals surface area (Å²) in [4.78, 5) is 59.2. The second-order valence-electron chi connectivity index (χ2n) is 8.14. The number of hydrogen-bond acceptors (Lipinski definition) is 13. The van der Waals surface area contributed by atoms with E-state index in [-0.39, 0.29) is 22.9 Å². The molecule has 9 N–H and O–H groups in total. The molecule has 1 saturated heterocycles. The topological polar surface area (TPSA) is 299 Å². The molecular weight excluding hydrogens is 603 g/mol. The van der Waals surface area contributed by atoms with E-state index in [1.54, 1.807) is 36.4 Å². The number of nitrogens with zero attached hydrogens (tertiary/aromatic N) is 3. The van der Waals surface area contributed by atoms with Crippen LogP contribution < -0.4 is 11.3 Å². The van der Waals surface area contributed by atoms with E-state index < -0.39 is 60.2 Å². The Hall–Kier alpha value is -2.60. The van der Waals surface area contributed by atoms with Crippen molar-refractivity contribution in [1.82, 2.24) is 19.5 Å². The van der Waals surface area contributed by atoms with Crippen LogP contribution in [0, 0.1) is 0 Å². The lowest BCUT2D eigenvalue weighted by atomic mass is 10.1. The summed E-state index contributed by atoms with van der Waals surface area (Å²) >= 11 is 0. The fraction of sp³-hybridized carbons (Fsp3) is 0.278. The molecular formula is C18H22N5O14P3. The molecule has 4 unspecified atom stereocenters. The molecule has 0 bridgehead atoms. The first-order valence-corrected chi connectivity index (χ1v) is 15.4. The van der Waals surface area contributed by atoms with Gasteiger partial charge in [0.25, 0.3) is 5.56 Å². The van der Waals surface area contributed by atoms with Crippen molar-refractivity contribution in [2.75, 3.05) is 12.3 Å². The van der Waals surface area contributed by atoms with Crippen molar-refractivity contribution in [1.29, 1.82) is 0 Å². The quantitative estimate of drug-likeness (QED) is 0.136. The van der Waals surface area contributed by atoms with E-state index in [4.69, 9.17) is 20.3 Å². The van der Waals surface area contributed by atoms with Crippen LogP contribution in [0.5, 0.6) is 0 Å². The first kappa shape index (κ1) is 30.4. The second-order valence-corrected chi connectivity index (χ2v) is 12.6. The molecule has 0 amide bonds. The summed E-state index contributed by atoms with van der Waals surface area (Å²) < 4.78 is 52.9. The normalized spacial score (nSPS) is 24.9.